The van der Waals surface area contributed by atoms with Crippen LogP contribution in [-0.4, -0.2) is 40.6 Å². The zero-order valence-electron chi connectivity index (χ0n) is 15.2. The highest BCUT2D eigenvalue weighted by Gasteiger charge is 2.31. The van der Waals surface area contributed by atoms with E-state index in [-0.39, 0.29) is 0 Å². The molecule has 1 aromatic carbocycles. The van der Waals surface area contributed by atoms with Crippen LogP contribution in [-0.2, 0) is 15.3 Å². The van der Waals surface area contributed by atoms with Gasteiger partial charge in [0.2, 0.25) is 5.91 Å². The van der Waals surface area contributed by atoms with Crippen LogP contribution in [0.4, 0.5) is 4.79 Å². The number of ether oxygens (including phenoxy) is 1. The summed E-state index contributed by atoms with van der Waals surface area (Å²) in [6, 6.07) is 5.23. The number of carbonyl (C=O) groups is 2. The van der Waals surface area contributed by atoms with Crippen molar-refractivity contribution in [2.75, 3.05) is 14.2 Å². The Morgan fingerprint density at radius 1 is 1.19 bits per heavy atom. The highest BCUT2D eigenvalue weighted by molar-refractivity contribution is 7.61. The molecule has 3 amide bonds. The number of urea groups is 1. The molecule has 0 saturated heterocycles. The second-order valence-electron chi connectivity index (χ2n) is 5.70. The van der Waals surface area contributed by atoms with Gasteiger partial charge in [-0.15, -0.1) is 0 Å². The van der Waals surface area contributed by atoms with Crippen molar-refractivity contribution in [3.05, 3.63) is 29.8 Å². The minimum atomic E-state index is -2.66. The van der Waals surface area contributed by atoms with Gasteiger partial charge in [0.25, 0.3) is 0 Å². The summed E-state index contributed by atoms with van der Waals surface area (Å²) in [7, 11) is 0.249. The molecule has 0 spiro atoms. The van der Waals surface area contributed by atoms with Crippen LogP contribution < -0.4 is 15.4 Å². The van der Waals surface area contributed by atoms with Crippen molar-refractivity contribution >= 4 is 22.4 Å². The van der Waals surface area contributed by atoms with Crippen molar-refractivity contribution < 1.29 is 22.7 Å². The topological polar surface area (TPSA) is 114 Å². The Hall–Kier alpha value is -2.42. The lowest BCUT2D eigenvalue weighted by molar-refractivity contribution is -0.121. The molecule has 8 nitrogen and oxygen atoms in total. The third kappa shape index (κ3) is 6.83. The largest absolute Gasteiger partial charge is 0.497 e. The van der Waals surface area contributed by atoms with E-state index in [0.717, 1.165) is 19.3 Å². The molecule has 9 heteroatoms. The molecule has 144 valence electrons. The Bertz CT molecular complexity index is 723. The number of amides is 3. The molecular formula is C17H25N3O5S. The predicted molar refractivity (Wildman–Crippen MR) is 97.6 cm³/mol. The number of unbranched alkanes of at least 4 members (excludes halogenated alkanes) is 2. The van der Waals surface area contributed by atoms with Crippen LogP contribution in [0.25, 0.3) is 0 Å². The van der Waals surface area contributed by atoms with Crippen LogP contribution in [0.3, 0.4) is 0 Å². The monoisotopic (exact) mass is 383 g/mol. The third-order valence-corrected chi connectivity index (χ3v) is 4.37. The summed E-state index contributed by atoms with van der Waals surface area (Å²) in [5, 5.41) is 4.53. The predicted octanol–water partition coefficient (Wildman–Crippen LogP) is 2.25. The van der Waals surface area contributed by atoms with E-state index in [2.05, 4.69) is 15.0 Å². The summed E-state index contributed by atoms with van der Waals surface area (Å²) in [6.45, 7) is 2.02. The molecule has 0 bridgehead atoms. The number of nitrogens with one attached hydrogen (secondary N) is 2. The van der Waals surface area contributed by atoms with Crippen molar-refractivity contribution in [3.8, 4) is 5.75 Å². The Kier molecular flexibility index (Phi) is 9.35. The van der Waals surface area contributed by atoms with Crippen molar-refractivity contribution in [1.29, 1.82) is 0 Å². The molecule has 2 atom stereocenters. The minimum absolute atomic E-state index is 0.416. The number of hydrogen-bond acceptors (Lipinski definition) is 6. The molecule has 0 radical (unpaired) electrons. The maximum atomic E-state index is 12.7. The summed E-state index contributed by atoms with van der Waals surface area (Å²) in [5.41, 5.74) is 0.558. The van der Waals surface area contributed by atoms with Gasteiger partial charge in [0.15, 0.2) is 0 Å². The van der Waals surface area contributed by atoms with Gasteiger partial charge in [-0.1, -0.05) is 38.3 Å². The molecule has 26 heavy (non-hydrogen) atoms. The van der Waals surface area contributed by atoms with Crippen molar-refractivity contribution in [3.63, 3.8) is 0 Å². The molecule has 0 fully saturated rings. The zero-order chi connectivity index (χ0) is 19.5. The highest BCUT2D eigenvalue weighted by Crippen LogP contribution is 2.28. The van der Waals surface area contributed by atoms with E-state index in [1.807, 2.05) is 6.92 Å². The molecule has 1 rings (SSSR count). The van der Waals surface area contributed by atoms with Gasteiger partial charge in [-0.2, -0.15) is 12.8 Å². The number of rotatable bonds is 9. The standard InChI is InChI=1S/C17H25N3O5S/c1-4-5-6-7-14(20-26(23)24)15(16(21)19-17(22)18-2)12-8-10-13(25-3)11-9-12/h8-11,14-15H,4-7H2,1-3H3,(H2,18,19,21,22). The number of nitrogens with zero attached hydrogens (tertiary/aromatic N) is 1. The molecule has 0 aliphatic rings. The molecule has 0 aromatic heterocycles. The van der Waals surface area contributed by atoms with E-state index in [4.69, 9.17) is 4.74 Å². The van der Waals surface area contributed by atoms with Gasteiger partial charge < -0.3 is 10.1 Å². The number of carbonyl (C=O) groups excluding carboxylic acids is 2. The average Bonchev–Trinajstić information content (AvgIpc) is 2.62. The summed E-state index contributed by atoms with van der Waals surface area (Å²) >= 11 is 0. The van der Waals surface area contributed by atoms with Crippen LogP contribution in [0.1, 0.15) is 44.1 Å². The number of imide groups is 1. The van der Waals surface area contributed by atoms with Gasteiger partial charge in [-0.3, -0.25) is 10.1 Å². The van der Waals surface area contributed by atoms with Crippen molar-refractivity contribution in [1.82, 2.24) is 10.6 Å². The fraction of sp³-hybridized carbons (Fsp3) is 0.529. The molecule has 0 heterocycles. The lowest BCUT2D eigenvalue weighted by Crippen LogP contribution is -2.42. The fourth-order valence-corrected chi connectivity index (χ4v) is 3.05. The van der Waals surface area contributed by atoms with Gasteiger partial charge >= 0.3 is 16.5 Å². The molecule has 0 saturated carbocycles. The van der Waals surface area contributed by atoms with Crippen LogP contribution in [0.2, 0.25) is 0 Å². The van der Waals surface area contributed by atoms with Crippen LogP contribution in [0.15, 0.2) is 28.6 Å². The quantitative estimate of drug-likeness (QED) is 0.635. The van der Waals surface area contributed by atoms with E-state index in [9.17, 15) is 18.0 Å². The summed E-state index contributed by atoms with van der Waals surface area (Å²) in [6.07, 6.45) is 2.98. The highest BCUT2D eigenvalue weighted by atomic mass is 32.2. The Labute approximate surface area is 155 Å². The smallest absolute Gasteiger partial charge is 0.321 e. The Morgan fingerprint density at radius 3 is 2.35 bits per heavy atom. The average molecular weight is 383 g/mol. The van der Waals surface area contributed by atoms with E-state index >= 15 is 0 Å². The lowest BCUT2D eigenvalue weighted by atomic mass is 9.88. The van der Waals surface area contributed by atoms with Crippen LogP contribution in [0.5, 0.6) is 5.75 Å². The Balaban J connectivity index is 3.25. The van der Waals surface area contributed by atoms with Gasteiger partial charge in [-0.25, -0.2) is 4.79 Å². The number of hydrogen-bond donors (Lipinski definition) is 2. The third-order valence-electron chi connectivity index (χ3n) is 3.93. The van der Waals surface area contributed by atoms with Gasteiger partial charge in [0.05, 0.1) is 19.1 Å². The van der Waals surface area contributed by atoms with Gasteiger partial charge in [0, 0.05) is 7.05 Å². The first-order valence-corrected chi connectivity index (χ1v) is 9.42. The lowest BCUT2D eigenvalue weighted by Gasteiger charge is -2.22. The van der Waals surface area contributed by atoms with Gasteiger partial charge in [-0.05, 0) is 24.1 Å². The molecular weight excluding hydrogens is 358 g/mol. The maximum absolute atomic E-state index is 12.7. The molecule has 2 N–H and O–H groups in total. The first-order valence-electron chi connectivity index (χ1n) is 8.39. The van der Waals surface area contributed by atoms with E-state index in [1.165, 1.54) is 14.2 Å². The molecule has 1 aromatic rings. The second kappa shape index (κ2) is 11.2. The number of methoxy groups -OCH3 is 1. The van der Waals surface area contributed by atoms with E-state index < -0.39 is 34.4 Å². The first kappa shape index (κ1) is 21.6. The minimum Gasteiger partial charge on any atom is -0.497 e. The first-order chi connectivity index (χ1) is 12.4. The van der Waals surface area contributed by atoms with Crippen molar-refractivity contribution in [2.45, 2.75) is 44.6 Å². The van der Waals surface area contributed by atoms with Crippen molar-refractivity contribution in [2.24, 2.45) is 4.36 Å². The fourth-order valence-electron chi connectivity index (χ4n) is 2.61. The SMILES string of the molecule is CCCCCC(N=S(=O)=O)C(C(=O)NC(=O)NC)c1ccc(OC)cc1. The van der Waals surface area contributed by atoms with Crippen LogP contribution >= 0.6 is 0 Å². The molecule has 2 unspecified atom stereocenters. The summed E-state index contributed by atoms with van der Waals surface area (Å²) in [4.78, 5) is 24.2. The number of benzene rings is 1. The van der Waals surface area contributed by atoms with E-state index in [1.54, 1.807) is 24.3 Å². The Morgan fingerprint density at radius 2 is 1.85 bits per heavy atom. The summed E-state index contributed by atoms with van der Waals surface area (Å²) in [5.74, 6) is -0.913. The van der Waals surface area contributed by atoms with Crippen LogP contribution in [0, 0.1) is 0 Å². The van der Waals surface area contributed by atoms with Gasteiger partial charge in [0.1, 0.15) is 5.75 Å². The maximum Gasteiger partial charge on any atom is 0.321 e. The molecule has 0 aliphatic heterocycles. The normalized spacial score (nSPS) is 12.6. The second-order valence-corrected chi connectivity index (χ2v) is 6.35. The zero-order valence-corrected chi connectivity index (χ0v) is 16.0. The summed E-state index contributed by atoms with van der Waals surface area (Å²) < 4.78 is 31.2. The molecule has 0 aliphatic carbocycles. The van der Waals surface area contributed by atoms with E-state index in [0.29, 0.717) is 17.7 Å².